The molecule has 2 heterocycles. The van der Waals surface area contributed by atoms with Gasteiger partial charge in [0.25, 0.3) is 0 Å². The fraction of sp³-hybridized carbons (Fsp3) is 0.0952. The minimum absolute atomic E-state index is 0.0162. The average molecular weight is 407 g/mol. The number of amides is 1. The Morgan fingerprint density at radius 1 is 1.00 bits per heavy atom. The molecule has 0 fully saturated rings. The third-order valence-electron chi connectivity index (χ3n) is 4.10. The number of carbonyl (C=O) groups excluding carboxylic acids is 1. The molecule has 4 aromatic rings. The Kier molecular flexibility index (Phi) is 5.84. The standard InChI is InChI=1S/C21H18N4OS2/c26-19(15-28-21-22-20(23-24-21)18-12-7-13-27-18)25(17-10-5-2-6-11-17)14-16-8-3-1-4-9-16/h1-13H,14-15H2,(H,22,23,24). The number of aromatic nitrogens is 3. The molecule has 2 aromatic heterocycles. The molecule has 0 spiro atoms. The number of hydrogen-bond acceptors (Lipinski definition) is 5. The summed E-state index contributed by atoms with van der Waals surface area (Å²) < 4.78 is 0. The summed E-state index contributed by atoms with van der Waals surface area (Å²) in [6.45, 7) is 0.526. The minimum atomic E-state index is 0.0162. The second kappa shape index (κ2) is 8.86. The Balaban J connectivity index is 1.46. The Morgan fingerprint density at radius 3 is 2.46 bits per heavy atom. The Hall–Kier alpha value is -2.90. The zero-order valence-electron chi connectivity index (χ0n) is 15.0. The predicted molar refractivity (Wildman–Crippen MR) is 114 cm³/mol. The highest BCUT2D eigenvalue weighted by Crippen LogP contribution is 2.24. The summed E-state index contributed by atoms with van der Waals surface area (Å²) in [5.41, 5.74) is 1.97. The Morgan fingerprint density at radius 2 is 1.75 bits per heavy atom. The van der Waals surface area contributed by atoms with E-state index >= 15 is 0 Å². The first kappa shape index (κ1) is 18.5. The van der Waals surface area contributed by atoms with Crippen molar-refractivity contribution in [3.8, 4) is 10.7 Å². The third-order valence-corrected chi connectivity index (χ3v) is 5.81. The van der Waals surface area contributed by atoms with Crippen molar-refractivity contribution in [2.45, 2.75) is 11.7 Å². The average Bonchev–Trinajstić information content (AvgIpc) is 3.43. The van der Waals surface area contributed by atoms with Gasteiger partial charge in [-0.3, -0.25) is 9.89 Å². The summed E-state index contributed by atoms with van der Waals surface area (Å²) in [6, 6.07) is 23.7. The van der Waals surface area contributed by atoms with Crippen LogP contribution < -0.4 is 4.90 Å². The van der Waals surface area contributed by atoms with Crippen LogP contribution in [0.15, 0.2) is 83.3 Å². The van der Waals surface area contributed by atoms with Crippen molar-refractivity contribution in [2.24, 2.45) is 0 Å². The maximum Gasteiger partial charge on any atom is 0.237 e. The van der Waals surface area contributed by atoms with Gasteiger partial charge in [0.2, 0.25) is 11.1 Å². The summed E-state index contributed by atoms with van der Waals surface area (Å²) in [5.74, 6) is 1.01. The summed E-state index contributed by atoms with van der Waals surface area (Å²) >= 11 is 2.94. The molecule has 5 nitrogen and oxygen atoms in total. The van der Waals surface area contributed by atoms with E-state index in [0.717, 1.165) is 22.0 Å². The van der Waals surface area contributed by atoms with Crippen molar-refractivity contribution in [2.75, 3.05) is 10.7 Å². The van der Waals surface area contributed by atoms with Crippen LogP contribution in [0.5, 0.6) is 0 Å². The van der Waals surface area contributed by atoms with Gasteiger partial charge in [0.15, 0.2) is 5.82 Å². The number of aromatic amines is 1. The highest BCUT2D eigenvalue weighted by atomic mass is 32.2. The number of benzene rings is 2. The van der Waals surface area contributed by atoms with Gasteiger partial charge in [-0.2, -0.15) is 0 Å². The lowest BCUT2D eigenvalue weighted by Crippen LogP contribution is -2.31. The molecular formula is C21H18N4OS2. The normalized spacial score (nSPS) is 10.7. The summed E-state index contributed by atoms with van der Waals surface area (Å²) in [6.07, 6.45) is 0. The third kappa shape index (κ3) is 4.49. The maximum absolute atomic E-state index is 13.0. The number of rotatable bonds is 7. The predicted octanol–water partition coefficient (Wildman–Crippen LogP) is 4.86. The van der Waals surface area contributed by atoms with Gasteiger partial charge in [-0.15, -0.1) is 16.4 Å². The number of para-hydroxylation sites is 1. The van der Waals surface area contributed by atoms with Gasteiger partial charge in [-0.05, 0) is 29.1 Å². The lowest BCUT2D eigenvalue weighted by atomic mass is 10.2. The molecule has 0 aliphatic heterocycles. The van der Waals surface area contributed by atoms with E-state index in [1.165, 1.54) is 11.8 Å². The van der Waals surface area contributed by atoms with Gasteiger partial charge in [-0.25, -0.2) is 4.98 Å². The molecule has 7 heteroatoms. The first-order valence-electron chi connectivity index (χ1n) is 8.78. The first-order valence-corrected chi connectivity index (χ1v) is 10.6. The van der Waals surface area contributed by atoms with E-state index in [9.17, 15) is 4.79 Å². The van der Waals surface area contributed by atoms with Gasteiger partial charge in [0.05, 0.1) is 17.2 Å². The molecule has 0 atom stereocenters. The fourth-order valence-corrected chi connectivity index (χ4v) is 4.07. The molecule has 140 valence electrons. The quantitative estimate of drug-likeness (QED) is 0.445. The van der Waals surface area contributed by atoms with Crippen molar-refractivity contribution >= 4 is 34.7 Å². The fourth-order valence-electron chi connectivity index (χ4n) is 2.74. The molecule has 0 bridgehead atoms. The van der Waals surface area contributed by atoms with Crippen molar-refractivity contribution in [3.63, 3.8) is 0 Å². The molecule has 0 aliphatic rings. The molecule has 4 rings (SSSR count). The topological polar surface area (TPSA) is 61.9 Å². The summed E-state index contributed by atoms with van der Waals surface area (Å²) in [7, 11) is 0. The van der Waals surface area contributed by atoms with E-state index in [0.29, 0.717) is 11.7 Å². The molecular weight excluding hydrogens is 388 g/mol. The van der Waals surface area contributed by atoms with Crippen LogP contribution in [0.1, 0.15) is 5.56 Å². The number of thioether (sulfide) groups is 1. The van der Waals surface area contributed by atoms with E-state index in [1.807, 2.05) is 78.2 Å². The van der Waals surface area contributed by atoms with Gasteiger partial charge >= 0.3 is 0 Å². The van der Waals surface area contributed by atoms with Crippen LogP contribution in [-0.4, -0.2) is 26.8 Å². The Bertz CT molecular complexity index is 1020. The highest BCUT2D eigenvalue weighted by molar-refractivity contribution is 7.99. The van der Waals surface area contributed by atoms with E-state index in [2.05, 4.69) is 15.2 Å². The van der Waals surface area contributed by atoms with Crippen molar-refractivity contribution in [1.82, 2.24) is 15.2 Å². The molecule has 2 aromatic carbocycles. The number of carbonyl (C=O) groups is 1. The second-order valence-electron chi connectivity index (χ2n) is 6.03. The lowest BCUT2D eigenvalue weighted by molar-refractivity contribution is -0.116. The second-order valence-corrected chi connectivity index (χ2v) is 7.92. The van der Waals surface area contributed by atoms with Crippen LogP contribution in [0.4, 0.5) is 5.69 Å². The van der Waals surface area contributed by atoms with Gasteiger partial charge < -0.3 is 4.90 Å². The molecule has 0 aliphatic carbocycles. The molecule has 0 saturated carbocycles. The van der Waals surface area contributed by atoms with Gasteiger partial charge in [-0.1, -0.05) is 66.4 Å². The van der Waals surface area contributed by atoms with Crippen LogP contribution >= 0.6 is 23.1 Å². The highest BCUT2D eigenvalue weighted by Gasteiger charge is 2.18. The summed E-state index contributed by atoms with van der Waals surface area (Å²) in [4.78, 5) is 20.3. The molecule has 1 amide bonds. The molecule has 0 unspecified atom stereocenters. The van der Waals surface area contributed by atoms with Crippen LogP contribution in [0.25, 0.3) is 10.7 Å². The van der Waals surface area contributed by atoms with E-state index in [-0.39, 0.29) is 11.7 Å². The lowest BCUT2D eigenvalue weighted by Gasteiger charge is -2.22. The number of hydrogen-bond donors (Lipinski definition) is 1. The van der Waals surface area contributed by atoms with Crippen molar-refractivity contribution < 1.29 is 4.79 Å². The first-order chi connectivity index (χ1) is 13.8. The number of nitrogens with one attached hydrogen (secondary N) is 1. The zero-order valence-corrected chi connectivity index (χ0v) is 16.6. The van der Waals surface area contributed by atoms with Crippen LogP contribution in [0, 0.1) is 0 Å². The summed E-state index contributed by atoms with van der Waals surface area (Å²) in [5, 5.41) is 9.73. The Labute approximate surface area is 171 Å². The van der Waals surface area contributed by atoms with Crippen molar-refractivity contribution in [3.05, 3.63) is 83.7 Å². The molecule has 0 radical (unpaired) electrons. The minimum Gasteiger partial charge on any atom is -0.307 e. The van der Waals surface area contributed by atoms with Crippen LogP contribution in [0.2, 0.25) is 0 Å². The molecule has 1 N–H and O–H groups in total. The monoisotopic (exact) mass is 406 g/mol. The number of thiophene rings is 1. The molecule has 28 heavy (non-hydrogen) atoms. The SMILES string of the molecule is O=C(CSc1n[nH]c(-c2cccs2)n1)N(Cc1ccccc1)c1ccccc1. The maximum atomic E-state index is 13.0. The van der Waals surface area contributed by atoms with Crippen molar-refractivity contribution in [1.29, 1.82) is 0 Å². The van der Waals surface area contributed by atoms with E-state index in [1.54, 1.807) is 16.2 Å². The van der Waals surface area contributed by atoms with E-state index in [4.69, 9.17) is 0 Å². The molecule has 0 saturated heterocycles. The van der Waals surface area contributed by atoms with Gasteiger partial charge in [0.1, 0.15) is 0 Å². The number of nitrogens with zero attached hydrogens (tertiary/aromatic N) is 3. The van der Waals surface area contributed by atoms with Gasteiger partial charge in [0, 0.05) is 5.69 Å². The smallest absolute Gasteiger partial charge is 0.237 e. The zero-order chi connectivity index (χ0) is 19.2. The van der Waals surface area contributed by atoms with Crippen LogP contribution in [0.3, 0.4) is 0 Å². The number of anilines is 1. The van der Waals surface area contributed by atoms with E-state index < -0.39 is 0 Å². The number of H-pyrrole nitrogens is 1. The largest absolute Gasteiger partial charge is 0.307 e. The van der Waals surface area contributed by atoms with Crippen LogP contribution in [-0.2, 0) is 11.3 Å².